The first-order valence-electron chi connectivity index (χ1n) is 7.97. The molecule has 130 valence electrons. The highest BCUT2D eigenvalue weighted by Crippen LogP contribution is 2.20. The predicted octanol–water partition coefficient (Wildman–Crippen LogP) is 3.92. The van der Waals surface area contributed by atoms with Gasteiger partial charge >= 0.3 is 0 Å². The van der Waals surface area contributed by atoms with E-state index in [2.05, 4.69) is 15.6 Å². The zero-order chi connectivity index (χ0) is 18.4. The van der Waals surface area contributed by atoms with E-state index in [0.29, 0.717) is 21.8 Å². The van der Waals surface area contributed by atoms with Crippen molar-refractivity contribution in [3.63, 3.8) is 0 Å². The monoisotopic (exact) mass is 365 g/mol. The predicted molar refractivity (Wildman–Crippen MR) is 101 cm³/mol. The molecule has 0 aliphatic rings. The molecule has 1 aromatic heterocycles. The molecule has 3 rings (SSSR count). The Hall–Kier alpha value is -3.18. The Labute approximate surface area is 156 Å². The number of hydrogen-bond donors (Lipinski definition) is 2. The molecular formula is C20H16ClN3O2. The number of nitrogens with zero attached hydrogens (tertiary/aromatic N) is 1. The van der Waals surface area contributed by atoms with Crippen LogP contribution < -0.4 is 10.6 Å². The SMILES string of the molecule is O=C(NCc1ccccc1NC(=O)c1ccccc1Cl)c1cccnc1. The van der Waals surface area contributed by atoms with Gasteiger partial charge in [-0.15, -0.1) is 0 Å². The molecule has 2 amide bonds. The van der Waals surface area contributed by atoms with E-state index in [9.17, 15) is 9.59 Å². The standard InChI is InChI=1S/C20H16ClN3O2/c21-17-9-3-2-8-16(17)20(26)24-18-10-4-1-6-14(18)13-23-19(25)15-7-5-11-22-12-15/h1-12H,13H2,(H,23,25)(H,24,26). The van der Waals surface area contributed by atoms with E-state index in [0.717, 1.165) is 5.56 Å². The van der Waals surface area contributed by atoms with Crippen LogP contribution in [0.5, 0.6) is 0 Å². The van der Waals surface area contributed by atoms with Crippen LogP contribution in [0.15, 0.2) is 73.1 Å². The first-order valence-corrected chi connectivity index (χ1v) is 8.35. The van der Waals surface area contributed by atoms with E-state index in [1.54, 1.807) is 48.7 Å². The summed E-state index contributed by atoms with van der Waals surface area (Å²) >= 11 is 6.07. The van der Waals surface area contributed by atoms with Crippen molar-refractivity contribution in [1.29, 1.82) is 0 Å². The van der Waals surface area contributed by atoms with E-state index >= 15 is 0 Å². The van der Waals surface area contributed by atoms with Gasteiger partial charge in [-0.25, -0.2) is 0 Å². The maximum atomic E-state index is 12.5. The molecule has 26 heavy (non-hydrogen) atoms. The second-order valence-corrected chi connectivity index (χ2v) is 5.92. The Balaban J connectivity index is 1.71. The van der Waals surface area contributed by atoms with Gasteiger partial charge in [0.15, 0.2) is 0 Å². The second kappa shape index (κ2) is 8.27. The Morgan fingerprint density at radius 3 is 2.46 bits per heavy atom. The Kier molecular flexibility index (Phi) is 5.61. The van der Waals surface area contributed by atoms with Crippen LogP contribution in [-0.4, -0.2) is 16.8 Å². The highest BCUT2D eigenvalue weighted by molar-refractivity contribution is 6.34. The van der Waals surface area contributed by atoms with Crippen molar-refractivity contribution in [2.45, 2.75) is 6.54 Å². The number of amides is 2. The van der Waals surface area contributed by atoms with Crippen molar-refractivity contribution in [2.24, 2.45) is 0 Å². The van der Waals surface area contributed by atoms with Crippen LogP contribution in [0.3, 0.4) is 0 Å². The van der Waals surface area contributed by atoms with Crippen LogP contribution in [0.4, 0.5) is 5.69 Å². The maximum Gasteiger partial charge on any atom is 0.257 e. The van der Waals surface area contributed by atoms with Crippen molar-refractivity contribution in [1.82, 2.24) is 10.3 Å². The lowest BCUT2D eigenvalue weighted by Crippen LogP contribution is -2.24. The van der Waals surface area contributed by atoms with E-state index in [1.165, 1.54) is 6.20 Å². The molecular weight excluding hydrogens is 350 g/mol. The molecule has 0 spiro atoms. The lowest BCUT2D eigenvalue weighted by atomic mass is 10.1. The van der Waals surface area contributed by atoms with Gasteiger partial charge in [0, 0.05) is 24.6 Å². The van der Waals surface area contributed by atoms with Gasteiger partial charge in [0.05, 0.1) is 16.1 Å². The molecule has 0 aliphatic heterocycles. The number of rotatable bonds is 5. The van der Waals surface area contributed by atoms with Crippen molar-refractivity contribution >= 4 is 29.1 Å². The first-order chi connectivity index (χ1) is 12.6. The van der Waals surface area contributed by atoms with E-state index in [-0.39, 0.29) is 18.4 Å². The number of hydrogen-bond acceptors (Lipinski definition) is 3. The molecule has 0 bridgehead atoms. The number of pyridine rings is 1. The van der Waals surface area contributed by atoms with Crippen LogP contribution in [0.2, 0.25) is 5.02 Å². The average Bonchev–Trinajstić information content (AvgIpc) is 2.68. The number of anilines is 1. The number of benzene rings is 2. The Bertz CT molecular complexity index is 929. The third-order valence-corrected chi connectivity index (χ3v) is 4.08. The summed E-state index contributed by atoms with van der Waals surface area (Å²) < 4.78 is 0. The first kappa shape index (κ1) is 17.6. The minimum atomic E-state index is -0.304. The summed E-state index contributed by atoms with van der Waals surface area (Å²) in [7, 11) is 0. The molecule has 0 saturated carbocycles. The number of para-hydroxylation sites is 1. The number of carbonyl (C=O) groups is 2. The van der Waals surface area contributed by atoms with Crippen molar-refractivity contribution < 1.29 is 9.59 Å². The van der Waals surface area contributed by atoms with Crippen molar-refractivity contribution in [3.8, 4) is 0 Å². The number of halogens is 1. The average molecular weight is 366 g/mol. The summed E-state index contributed by atoms with van der Waals surface area (Å²) in [5.41, 5.74) is 2.27. The topological polar surface area (TPSA) is 71.1 Å². The van der Waals surface area contributed by atoms with Crippen LogP contribution in [0, 0.1) is 0 Å². The quantitative estimate of drug-likeness (QED) is 0.720. The molecule has 0 aliphatic carbocycles. The molecule has 1 heterocycles. The zero-order valence-electron chi connectivity index (χ0n) is 13.8. The molecule has 3 aromatic rings. The molecule has 0 fully saturated rings. The zero-order valence-corrected chi connectivity index (χ0v) is 14.5. The van der Waals surface area contributed by atoms with Crippen LogP contribution in [-0.2, 0) is 6.54 Å². The Morgan fingerprint density at radius 2 is 1.69 bits per heavy atom. The normalized spacial score (nSPS) is 10.2. The summed E-state index contributed by atoms with van der Waals surface area (Å²) in [6.45, 7) is 0.271. The fraction of sp³-hybridized carbons (Fsp3) is 0.0500. The fourth-order valence-corrected chi connectivity index (χ4v) is 2.63. The van der Waals surface area contributed by atoms with E-state index in [1.807, 2.05) is 18.2 Å². The van der Waals surface area contributed by atoms with Gasteiger partial charge in [-0.2, -0.15) is 0 Å². The number of carbonyl (C=O) groups excluding carboxylic acids is 2. The molecule has 2 aromatic carbocycles. The van der Waals surface area contributed by atoms with E-state index < -0.39 is 0 Å². The van der Waals surface area contributed by atoms with Crippen LogP contribution in [0.1, 0.15) is 26.3 Å². The Morgan fingerprint density at radius 1 is 0.923 bits per heavy atom. The van der Waals surface area contributed by atoms with Crippen LogP contribution >= 0.6 is 11.6 Å². The fourth-order valence-electron chi connectivity index (χ4n) is 2.41. The maximum absolute atomic E-state index is 12.5. The van der Waals surface area contributed by atoms with Gasteiger partial charge in [-0.1, -0.05) is 41.9 Å². The molecule has 0 saturated heterocycles. The van der Waals surface area contributed by atoms with Gasteiger partial charge in [-0.3, -0.25) is 14.6 Å². The lowest BCUT2D eigenvalue weighted by molar-refractivity contribution is 0.0950. The smallest absolute Gasteiger partial charge is 0.257 e. The molecule has 0 unspecified atom stereocenters. The molecule has 5 nitrogen and oxygen atoms in total. The molecule has 0 radical (unpaired) electrons. The van der Waals surface area contributed by atoms with Gasteiger partial charge in [0.2, 0.25) is 0 Å². The number of nitrogens with one attached hydrogen (secondary N) is 2. The largest absolute Gasteiger partial charge is 0.348 e. The second-order valence-electron chi connectivity index (χ2n) is 5.52. The summed E-state index contributed by atoms with van der Waals surface area (Å²) in [6, 6.07) is 17.5. The van der Waals surface area contributed by atoms with Gasteiger partial charge < -0.3 is 10.6 Å². The summed E-state index contributed by atoms with van der Waals surface area (Å²) in [5, 5.41) is 6.05. The minimum Gasteiger partial charge on any atom is -0.348 e. The number of aromatic nitrogens is 1. The highest BCUT2D eigenvalue weighted by Gasteiger charge is 2.12. The van der Waals surface area contributed by atoms with E-state index in [4.69, 9.17) is 11.6 Å². The van der Waals surface area contributed by atoms with Gasteiger partial charge in [0.1, 0.15) is 0 Å². The summed E-state index contributed by atoms with van der Waals surface area (Å²) in [5.74, 6) is -0.535. The molecule has 6 heteroatoms. The lowest BCUT2D eigenvalue weighted by Gasteiger charge is -2.12. The minimum absolute atomic E-state index is 0.231. The van der Waals surface area contributed by atoms with Crippen molar-refractivity contribution in [3.05, 3.63) is 94.8 Å². The highest BCUT2D eigenvalue weighted by atomic mass is 35.5. The van der Waals surface area contributed by atoms with Crippen molar-refractivity contribution in [2.75, 3.05) is 5.32 Å². The van der Waals surface area contributed by atoms with Crippen LogP contribution in [0.25, 0.3) is 0 Å². The molecule has 0 atom stereocenters. The molecule has 2 N–H and O–H groups in total. The van der Waals surface area contributed by atoms with Gasteiger partial charge in [-0.05, 0) is 35.9 Å². The third kappa shape index (κ3) is 4.26. The summed E-state index contributed by atoms with van der Waals surface area (Å²) in [6.07, 6.45) is 3.11. The van der Waals surface area contributed by atoms with Gasteiger partial charge in [0.25, 0.3) is 11.8 Å². The third-order valence-electron chi connectivity index (χ3n) is 3.75. The summed E-state index contributed by atoms with van der Waals surface area (Å²) in [4.78, 5) is 28.5.